The zero-order valence-corrected chi connectivity index (χ0v) is 22.3. The van der Waals surface area contributed by atoms with Crippen LogP contribution in [0.2, 0.25) is 0 Å². The fourth-order valence-electron chi connectivity index (χ4n) is 10.3. The Bertz CT molecular complexity index is 1200. The highest BCUT2D eigenvalue weighted by Gasteiger charge is 2.88. The van der Waals surface area contributed by atoms with Crippen LogP contribution in [0.15, 0.2) is 35.5 Å². The van der Waals surface area contributed by atoms with Crippen LogP contribution < -0.4 is 0 Å². The lowest BCUT2D eigenvalue weighted by molar-refractivity contribution is -0.161. The fourth-order valence-corrected chi connectivity index (χ4v) is 10.3. The third-order valence-electron chi connectivity index (χ3n) is 11.7. The van der Waals surface area contributed by atoms with Gasteiger partial charge in [-0.2, -0.15) is 0 Å². The number of carbonyl (C=O) groups is 2. The number of rotatable bonds is 0. The lowest BCUT2D eigenvalue weighted by Crippen LogP contribution is -2.63. The Morgan fingerprint density at radius 1 is 1.03 bits per heavy atom. The van der Waals surface area contributed by atoms with Gasteiger partial charge in [0, 0.05) is 29.4 Å². The molecule has 7 rings (SSSR count). The van der Waals surface area contributed by atoms with E-state index in [4.69, 9.17) is 14.2 Å². The minimum absolute atomic E-state index is 0.00434. The van der Waals surface area contributed by atoms with Gasteiger partial charge in [-0.15, -0.1) is 0 Å². The van der Waals surface area contributed by atoms with Gasteiger partial charge < -0.3 is 24.4 Å². The second-order valence-electron chi connectivity index (χ2n) is 13.8. The third kappa shape index (κ3) is 2.78. The molecule has 11 atom stereocenters. The van der Waals surface area contributed by atoms with Crippen molar-refractivity contribution in [1.82, 2.24) is 0 Å². The number of cyclic esters (lactones) is 1. The second kappa shape index (κ2) is 6.97. The monoisotopic (exact) mass is 510 g/mol. The summed E-state index contributed by atoms with van der Waals surface area (Å²) in [6, 6.07) is 0. The van der Waals surface area contributed by atoms with E-state index in [1.807, 2.05) is 32.1 Å². The maximum atomic E-state index is 12.4. The molecule has 1 saturated heterocycles. The Labute approximate surface area is 217 Å². The molecule has 0 spiro atoms. The SMILES string of the molecule is CC1=C[C@@H]2C[C@@]34O[C@@]3([C@H](O)C[C@]3(C)[C@H]4C[C@@]4(O)C=C5C=CC(=O)OC(C)(C)[C@@H]5CC[C@@H]34)[C@H](C)[C@H]2OC1=O. The number of aliphatic hydroxyl groups is 2. The van der Waals surface area contributed by atoms with Crippen LogP contribution in [0.25, 0.3) is 0 Å². The first-order chi connectivity index (χ1) is 17.3. The number of aliphatic hydroxyl groups excluding tert-OH is 1. The highest BCUT2D eigenvalue weighted by atomic mass is 16.7. The molecular weight excluding hydrogens is 472 g/mol. The van der Waals surface area contributed by atoms with Gasteiger partial charge in [-0.1, -0.05) is 26.0 Å². The third-order valence-corrected chi connectivity index (χ3v) is 11.7. The lowest BCUT2D eigenvalue weighted by Gasteiger charge is -2.53. The van der Waals surface area contributed by atoms with Gasteiger partial charge in [0.05, 0.1) is 11.7 Å². The molecule has 0 radical (unpaired) electrons. The van der Waals surface area contributed by atoms with Crippen molar-refractivity contribution in [3.05, 3.63) is 35.5 Å². The van der Waals surface area contributed by atoms with Gasteiger partial charge in [0.1, 0.15) is 22.9 Å². The Kier molecular flexibility index (Phi) is 4.54. The molecule has 0 amide bonds. The van der Waals surface area contributed by atoms with E-state index in [0.717, 1.165) is 18.4 Å². The topological polar surface area (TPSA) is 106 Å². The average Bonchev–Trinajstić information content (AvgIpc) is 3.49. The number of fused-ring (bicyclic) bond motifs is 5. The van der Waals surface area contributed by atoms with Crippen molar-refractivity contribution in [2.24, 2.45) is 35.0 Å². The molecule has 0 aromatic heterocycles. The van der Waals surface area contributed by atoms with Crippen LogP contribution in [-0.4, -0.2) is 56.8 Å². The predicted octanol–water partition coefficient (Wildman–Crippen LogP) is 3.39. The Hall–Kier alpha value is -1.96. The summed E-state index contributed by atoms with van der Waals surface area (Å²) in [5, 5.41) is 24.1. The molecule has 7 aliphatic rings. The molecule has 4 aliphatic carbocycles. The van der Waals surface area contributed by atoms with Crippen LogP contribution in [-0.2, 0) is 23.8 Å². The van der Waals surface area contributed by atoms with Gasteiger partial charge in [-0.3, -0.25) is 0 Å². The first-order valence-electron chi connectivity index (χ1n) is 13.9. The Morgan fingerprint density at radius 2 is 1.78 bits per heavy atom. The van der Waals surface area contributed by atoms with E-state index in [1.54, 1.807) is 6.92 Å². The number of allylic oxidation sites excluding steroid dienone is 1. The summed E-state index contributed by atoms with van der Waals surface area (Å²) in [4.78, 5) is 24.6. The average molecular weight is 511 g/mol. The first-order valence-corrected chi connectivity index (χ1v) is 13.9. The molecule has 3 heterocycles. The molecular formula is C30H38O7. The van der Waals surface area contributed by atoms with Crippen molar-refractivity contribution in [1.29, 1.82) is 0 Å². The summed E-state index contributed by atoms with van der Waals surface area (Å²) in [6.07, 6.45) is 9.68. The van der Waals surface area contributed by atoms with E-state index in [0.29, 0.717) is 24.8 Å². The first kappa shape index (κ1) is 24.1. The van der Waals surface area contributed by atoms with Gasteiger partial charge >= 0.3 is 11.9 Å². The molecule has 200 valence electrons. The molecule has 0 aromatic carbocycles. The Balaban J connectivity index is 1.31. The van der Waals surface area contributed by atoms with E-state index >= 15 is 0 Å². The van der Waals surface area contributed by atoms with Crippen molar-refractivity contribution in [2.45, 2.75) is 101 Å². The maximum absolute atomic E-state index is 12.4. The molecule has 3 saturated carbocycles. The van der Waals surface area contributed by atoms with Crippen LogP contribution in [0, 0.1) is 35.0 Å². The molecule has 7 heteroatoms. The molecule has 3 aliphatic heterocycles. The normalized spacial score (nSPS) is 54.8. The van der Waals surface area contributed by atoms with Crippen LogP contribution in [0.4, 0.5) is 0 Å². The summed E-state index contributed by atoms with van der Waals surface area (Å²) in [6.45, 7) is 9.99. The molecule has 37 heavy (non-hydrogen) atoms. The van der Waals surface area contributed by atoms with Crippen molar-refractivity contribution in [2.75, 3.05) is 0 Å². The molecule has 0 bridgehead atoms. The van der Waals surface area contributed by atoms with Crippen molar-refractivity contribution < 1.29 is 34.0 Å². The largest absolute Gasteiger partial charge is 0.458 e. The van der Waals surface area contributed by atoms with E-state index in [-0.39, 0.29) is 53.0 Å². The fraction of sp³-hybridized carbons (Fsp3) is 0.733. The number of esters is 2. The van der Waals surface area contributed by atoms with Crippen LogP contribution in [0.1, 0.15) is 66.7 Å². The standard InChI is InChI=1S/C30H38O7/c1-15-10-18-12-29-21-13-28(34)11-17-6-9-23(32)36-26(3,4)19(17)7-8-20(28)27(21,5)14-22(31)30(29,37-29)16(2)24(18)35-25(15)33/h6,9-11,16,18-22,24,31,34H,7-8,12-14H2,1-5H3/t16-,18-,19-,20+,21-,22-,24-,27+,28+,29+,30-/m1/s1. The highest BCUT2D eigenvalue weighted by molar-refractivity contribution is 5.89. The van der Waals surface area contributed by atoms with E-state index in [9.17, 15) is 19.8 Å². The smallest absolute Gasteiger partial charge is 0.333 e. The lowest BCUT2D eigenvalue weighted by atomic mass is 9.49. The summed E-state index contributed by atoms with van der Waals surface area (Å²) < 4.78 is 18.4. The number of ether oxygens (including phenoxy) is 3. The Morgan fingerprint density at radius 3 is 2.54 bits per heavy atom. The molecule has 2 N–H and O–H groups in total. The van der Waals surface area contributed by atoms with Gasteiger partial charge in [0.15, 0.2) is 0 Å². The van der Waals surface area contributed by atoms with E-state index in [1.165, 1.54) is 6.08 Å². The van der Waals surface area contributed by atoms with Crippen molar-refractivity contribution in [3.8, 4) is 0 Å². The molecule has 4 fully saturated rings. The van der Waals surface area contributed by atoms with E-state index in [2.05, 4.69) is 13.8 Å². The second-order valence-corrected chi connectivity index (χ2v) is 13.8. The molecule has 7 nitrogen and oxygen atoms in total. The van der Waals surface area contributed by atoms with Gasteiger partial charge in [0.25, 0.3) is 0 Å². The summed E-state index contributed by atoms with van der Waals surface area (Å²) in [7, 11) is 0. The van der Waals surface area contributed by atoms with Crippen molar-refractivity contribution >= 4 is 11.9 Å². The number of carbonyl (C=O) groups excluding carboxylic acids is 2. The minimum Gasteiger partial charge on any atom is -0.458 e. The van der Waals surface area contributed by atoms with Crippen LogP contribution in [0.5, 0.6) is 0 Å². The number of hydrogen-bond acceptors (Lipinski definition) is 7. The van der Waals surface area contributed by atoms with Gasteiger partial charge in [0.2, 0.25) is 0 Å². The molecule has 0 aromatic rings. The maximum Gasteiger partial charge on any atom is 0.333 e. The quantitative estimate of drug-likeness (QED) is 0.380. The zero-order chi connectivity index (χ0) is 26.3. The highest BCUT2D eigenvalue weighted by Crippen LogP contribution is 2.78. The van der Waals surface area contributed by atoms with Gasteiger partial charge in [-0.05, 0) is 81.8 Å². The minimum atomic E-state index is -1.07. The molecule has 0 unspecified atom stereocenters. The van der Waals surface area contributed by atoms with Gasteiger partial charge in [-0.25, -0.2) is 9.59 Å². The number of hydrogen-bond donors (Lipinski definition) is 2. The predicted molar refractivity (Wildman–Crippen MR) is 133 cm³/mol. The zero-order valence-electron chi connectivity index (χ0n) is 22.3. The summed E-state index contributed by atoms with van der Waals surface area (Å²) in [5.41, 5.74) is -1.79. The van der Waals surface area contributed by atoms with Crippen LogP contribution >= 0.6 is 0 Å². The summed E-state index contributed by atoms with van der Waals surface area (Å²) >= 11 is 0. The van der Waals surface area contributed by atoms with E-state index < -0.39 is 28.5 Å². The summed E-state index contributed by atoms with van der Waals surface area (Å²) in [5.74, 6) is -0.740. The van der Waals surface area contributed by atoms with Crippen LogP contribution in [0.3, 0.4) is 0 Å². The number of epoxide rings is 1. The van der Waals surface area contributed by atoms with Crippen molar-refractivity contribution in [3.63, 3.8) is 0 Å².